The predicted molar refractivity (Wildman–Crippen MR) is 129 cm³/mol. The fraction of sp³-hybridized carbons (Fsp3) is 0.435. The Bertz CT molecular complexity index is 972. The normalized spacial score (nSPS) is 11.7. The lowest BCUT2D eigenvalue weighted by Gasteiger charge is -2.18. The van der Waals surface area contributed by atoms with E-state index in [1.807, 2.05) is 39.0 Å². The van der Waals surface area contributed by atoms with Crippen molar-refractivity contribution in [3.05, 3.63) is 50.9 Å². The molecule has 1 heterocycles. The summed E-state index contributed by atoms with van der Waals surface area (Å²) in [5.74, 6) is -1.07. The zero-order chi connectivity index (χ0) is 23.8. The number of carbonyl (C=O) groups excluding carboxylic acids is 3. The fourth-order valence-electron chi connectivity index (χ4n) is 3.26. The molecule has 0 aliphatic rings. The molecule has 0 aliphatic heterocycles. The number of anilines is 1. The molecule has 1 unspecified atom stereocenters. The average molecular weight is 480 g/mol. The molecule has 2 N–H and O–H groups in total. The van der Waals surface area contributed by atoms with Crippen LogP contribution in [0.1, 0.15) is 64.9 Å². The van der Waals surface area contributed by atoms with Crippen LogP contribution in [0, 0.1) is 6.92 Å². The molecule has 2 amide bonds. The van der Waals surface area contributed by atoms with Gasteiger partial charge in [0.05, 0.1) is 23.6 Å². The molecule has 0 bridgehead atoms. The SMILES string of the molecule is CCOC(=O)c1c(NC(=O)CNC(C)c2ccccc2Cl)sc(C(=O)N(CC)CC)c1C. The number of carbonyl (C=O) groups is 3. The van der Waals surface area contributed by atoms with E-state index in [1.165, 1.54) is 0 Å². The molecule has 9 heteroatoms. The van der Waals surface area contributed by atoms with E-state index in [-0.39, 0.29) is 36.6 Å². The number of benzene rings is 1. The molecule has 7 nitrogen and oxygen atoms in total. The van der Waals surface area contributed by atoms with Gasteiger partial charge in [0.15, 0.2) is 0 Å². The number of amides is 2. The minimum atomic E-state index is -0.562. The van der Waals surface area contributed by atoms with Gasteiger partial charge in [0.1, 0.15) is 5.00 Å². The third kappa shape index (κ3) is 6.09. The second-order valence-electron chi connectivity index (χ2n) is 7.13. The summed E-state index contributed by atoms with van der Waals surface area (Å²) < 4.78 is 5.17. The Kier molecular flexibility index (Phi) is 9.68. The molecule has 1 aromatic carbocycles. The van der Waals surface area contributed by atoms with E-state index in [1.54, 1.807) is 24.8 Å². The molecule has 32 heavy (non-hydrogen) atoms. The van der Waals surface area contributed by atoms with Crippen molar-refractivity contribution in [2.24, 2.45) is 0 Å². The number of esters is 1. The van der Waals surface area contributed by atoms with Gasteiger partial charge in [0, 0.05) is 24.2 Å². The molecule has 2 rings (SSSR count). The molecule has 0 saturated heterocycles. The highest BCUT2D eigenvalue weighted by Gasteiger charge is 2.28. The highest BCUT2D eigenvalue weighted by atomic mass is 35.5. The summed E-state index contributed by atoms with van der Waals surface area (Å²) >= 11 is 7.32. The maximum atomic E-state index is 12.9. The lowest BCUT2D eigenvalue weighted by Crippen LogP contribution is -2.30. The number of nitrogens with one attached hydrogen (secondary N) is 2. The maximum Gasteiger partial charge on any atom is 0.341 e. The average Bonchev–Trinajstić information content (AvgIpc) is 3.09. The molecule has 2 aromatic rings. The lowest BCUT2D eigenvalue weighted by atomic mass is 10.1. The Labute approximate surface area is 198 Å². The van der Waals surface area contributed by atoms with E-state index in [4.69, 9.17) is 16.3 Å². The Morgan fingerprint density at radius 3 is 2.41 bits per heavy atom. The molecule has 0 saturated carbocycles. The predicted octanol–water partition coefficient (Wildman–Crippen LogP) is 4.66. The molecule has 0 aliphatic carbocycles. The fourth-order valence-corrected chi connectivity index (χ4v) is 4.74. The van der Waals surface area contributed by atoms with E-state index in [0.29, 0.717) is 33.6 Å². The van der Waals surface area contributed by atoms with Crippen LogP contribution in [0.3, 0.4) is 0 Å². The van der Waals surface area contributed by atoms with Crippen LogP contribution in [0.25, 0.3) is 0 Å². The van der Waals surface area contributed by atoms with Crippen LogP contribution in [0.15, 0.2) is 24.3 Å². The number of hydrogen-bond donors (Lipinski definition) is 2. The first-order valence-corrected chi connectivity index (χ1v) is 11.8. The van der Waals surface area contributed by atoms with Crippen molar-refractivity contribution in [3.63, 3.8) is 0 Å². The summed E-state index contributed by atoms with van der Waals surface area (Å²) in [5.41, 5.74) is 1.62. The van der Waals surface area contributed by atoms with Crippen LogP contribution in [0.4, 0.5) is 5.00 Å². The van der Waals surface area contributed by atoms with Gasteiger partial charge in [-0.05, 0) is 51.8 Å². The number of halogens is 1. The summed E-state index contributed by atoms with van der Waals surface area (Å²) in [6.07, 6.45) is 0. The van der Waals surface area contributed by atoms with Gasteiger partial charge in [-0.15, -0.1) is 11.3 Å². The van der Waals surface area contributed by atoms with Crippen molar-refractivity contribution >= 4 is 45.7 Å². The van der Waals surface area contributed by atoms with Gasteiger partial charge in [-0.1, -0.05) is 29.8 Å². The molecular weight excluding hydrogens is 450 g/mol. The second kappa shape index (κ2) is 12.0. The lowest BCUT2D eigenvalue weighted by molar-refractivity contribution is -0.115. The Balaban J connectivity index is 2.22. The van der Waals surface area contributed by atoms with Crippen LogP contribution in [0.5, 0.6) is 0 Å². The van der Waals surface area contributed by atoms with E-state index >= 15 is 0 Å². The number of thiophene rings is 1. The van der Waals surface area contributed by atoms with Crippen molar-refractivity contribution in [3.8, 4) is 0 Å². The molecule has 0 fully saturated rings. The molecule has 174 valence electrons. The monoisotopic (exact) mass is 479 g/mol. The molecule has 1 aromatic heterocycles. The minimum Gasteiger partial charge on any atom is -0.462 e. The van der Waals surface area contributed by atoms with Gasteiger partial charge in [-0.3, -0.25) is 9.59 Å². The first kappa shape index (κ1) is 25.8. The van der Waals surface area contributed by atoms with Gasteiger partial charge in [-0.25, -0.2) is 4.79 Å². The van der Waals surface area contributed by atoms with Crippen molar-refractivity contribution in [1.82, 2.24) is 10.2 Å². The van der Waals surface area contributed by atoms with Crippen molar-refractivity contribution in [2.45, 2.75) is 40.7 Å². The molecule has 0 spiro atoms. The highest BCUT2D eigenvalue weighted by molar-refractivity contribution is 7.18. The van der Waals surface area contributed by atoms with E-state index < -0.39 is 5.97 Å². The highest BCUT2D eigenvalue weighted by Crippen LogP contribution is 2.34. The first-order valence-electron chi connectivity index (χ1n) is 10.6. The smallest absolute Gasteiger partial charge is 0.341 e. The van der Waals surface area contributed by atoms with E-state index in [2.05, 4.69) is 10.6 Å². The number of hydrogen-bond acceptors (Lipinski definition) is 6. The van der Waals surface area contributed by atoms with Gasteiger partial charge in [-0.2, -0.15) is 0 Å². The Morgan fingerprint density at radius 1 is 1.16 bits per heavy atom. The molecule has 1 atom stereocenters. The zero-order valence-electron chi connectivity index (χ0n) is 19.1. The van der Waals surface area contributed by atoms with Gasteiger partial charge >= 0.3 is 5.97 Å². The summed E-state index contributed by atoms with van der Waals surface area (Å²) in [6, 6.07) is 7.27. The summed E-state index contributed by atoms with van der Waals surface area (Å²) in [5, 5.41) is 6.84. The molecular formula is C23H30ClN3O4S. The first-order chi connectivity index (χ1) is 15.2. The van der Waals surface area contributed by atoms with Gasteiger partial charge in [0.2, 0.25) is 5.91 Å². The Morgan fingerprint density at radius 2 is 1.81 bits per heavy atom. The largest absolute Gasteiger partial charge is 0.462 e. The quantitative estimate of drug-likeness (QED) is 0.484. The third-order valence-corrected chi connectivity index (χ3v) is 6.60. The zero-order valence-corrected chi connectivity index (χ0v) is 20.7. The van der Waals surface area contributed by atoms with Gasteiger partial charge in [0.25, 0.3) is 5.91 Å². The summed E-state index contributed by atoms with van der Waals surface area (Å²) in [6.45, 7) is 10.4. The van der Waals surface area contributed by atoms with E-state index in [9.17, 15) is 14.4 Å². The van der Waals surface area contributed by atoms with E-state index in [0.717, 1.165) is 16.9 Å². The van der Waals surface area contributed by atoms with Crippen molar-refractivity contribution in [2.75, 3.05) is 31.6 Å². The van der Waals surface area contributed by atoms with Crippen LogP contribution >= 0.6 is 22.9 Å². The van der Waals surface area contributed by atoms with Crippen molar-refractivity contribution in [1.29, 1.82) is 0 Å². The number of ether oxygens (including phenoxy) is 1. The van der Waals surface area contributed by atoms with Crippen LogP contribution < -0.4 is 10.6 Å². The third-order valence-electron chi connectivity index (χ3n) is 5.06. The van der Waals surface area contributed by atoms with Crippen molar-refractivity contribution < 1.29 is 19.1 Å². The number of rotatable bonds is 10. The summed E-state index contributed by atoms with van der Waals surface area (Å²) in [7, 11) is 0. The van der Waals surface area contributed by atoms with Crippen LogP contribution in [-0.4, -0.2) is 48.9 Å². The van der Waals surface area contributed by atoms with Crippen LogP contribution in [-0.2, 0) is 9.53 Å². The Hall–Kier alpha value is -2.42. The standard InChI is InChI=1S/C23H30ClN3O4S/c1-6-27(7-2)22(29)20-14(4)19(23(30)31-8-3)21(32-20)26-18(28)13-25-15(5)16-11-9-10-12-17(16)24/h9-12,15,25H,6-8,13H2,1-5H3,(H,26,28). The number of nitrogens with zero attached hydrogens (tertiary/aromatic N) is 1. The topological polar surface area (TPSA) is 87.7 Å². The molecule has 0 radical (unpaired) electrons. The summed E-state index contributed by atoms with van der Waals surface area (Å²) in [4.78, 5) is 40.2. The minimum absolute atomic E-state index is 0.00489. The van der Waals surface area contributed by atoms with Gasteiger partial charge < -0.3 is 20.3 Å². The maximum absolute atomic E-state index is 12.9. The van der Waals surface area contributed by atoms with Crippen LogP contribution in [0.2, 0.25) is 5.02 Å². The second-order valence-corrected chi connectivity index (χ2v) is 8.56.